The molecule has 154 valence electrons. The number of amides is 1. The highest BCUT2D eigenvalue weighted by Crippen LogP contribution is 2.18. The summed E-state index contributed by atoms with van der Waals surface area (Å²) in [5.41, 5.74) is 2.81. The van der Waals surface area contributed by atoms with E-state index in [0.717, 1.165) is 54.4 Å². The SMILES string of the molecule is Cc1noc(C)c1COc1ccc(CC(=O)NCCC2CCCNC2)cc1.Cl. The Hall–Kier alpha value is -2.05. The lowest BCUT2D eigenvalue weighted by Gasteiger charge is -2.22. The van der Waals surface area contributed by atoms with Gasteiger partial charge in [-0.25, -0.2) is 0 Å². The van der Waals surface area contributed by atoms with E-state index >= 15 is 0 Å². The van der Waals surface area contributed by atoms with Crippen LogP contribution in [0.25, 0.3) is 0 Å². The Morgan fingerprint density at radius 2 is 2.11 bits per heavy atom. The van der Waals surface area contributed by atoms with Gasteiger partial charge in [0, 0.05) is 6.54 Å². The number of piperidine rings is 1. The van der Waals surface area contributed by atoms with E-state index in [1.54, 1.807) is 0 Å². The fourth-order valence-corrected chi connectivity index (χ4v) is 3.40. The highest BCUT2D eigenvalue weighted by molar-refractivity contribution is 5.85. The van der Waals surface area contributed by atoms with E-state index in [0.29, 0.717) is 18.9 Å². The molecule has 0 bridgehead atoms. The van der Waals surface area contributed by atoms with E-state index in [-0.39, 0.29) is 18.3 Å². The third kappa shape index (κ3) is 6.53. The minimum absolute atomic E-state index is 0. The molecule has 1 amide bonds. The number of rotatable bonds is 8. The van der Waals surface area contributed by atoms with Crippen LogP contribution in [-0.4, -0.2) is 30.7 Å². The number of nitrogens with one attached hydrogen (secondary N) is 2. The first-order valence-electron chi connectivity index (χ1n) is 9.72. The van der Waals surface area contributed by atoms with Crippen molar-refractivity contribution in [2.24, 2.45) is 5.92 Å². The molecule has 0 spiro atoms. The van der Waals surface area contributed by atoms with Gasteiger partial charge in [0.25, 0.3) is 0 Å². The van der Waals surface area contributed by atoms with Gasteiger partial charge in [-0.2, -0.15) is 0 Å². The molecular formula is C21H30ClN3O3. The fraction of sp³-hybridized carbons (Fsp3) is 0.524. The van der Waals surface area contributed by atoms with Crippen LogP contribution in [0.5, 0.6) is 5.75 Å². The van der Waals surface area contributed by atoms with Gasteiger partial charge in [0.15, 0.2) is 0 Å². The summed E-state index contributed by atoms with van der Waals surface area (Å²) in [5, 5.41) is 10.4. The zero-order chi connectivity index (χ0) is 19.1. The molecule has 6 nitrogen and oxygen atoms in total. The summed E-state index contributed by atoms with van der Waals surface area (Å²) in [5.74, 6) is 2.31. The number of aryl methyl sites for hydroxylation is 2. The molecule has 1 aromatic carbocycles. The van der Waals surface area contributed by atoms with Gasteiger partial charge in [-0.1, -0.05) is 17.3 Å². The molecular weight excluding hydrogens is 378 g/mol. The third-order valence-corrected chi connectivity index (χ3v) is 5.13. The zero-order valence-corrected chi connectivity index (χ0v) is 17.4. The Balaban J connectivity index is 0.00000280. The average Bonchev–Trinajstić information content (AvgIpc) is 3.00. The van der Waals surface area contributed by atoms with Gasteiger partial charge in [0.2, 0.25) is 5.91 Å². The van der Waals surface area contributed by atoms with Gasteiger partial charge >= 0.3 is 0 Å². The van der Waals surface area contributed by atoms with Crippen LogP contribution in [0.2, 0.25) is 0 Å². The third-order valence-electron chi connectivity index (χ3n) is 5.13. The van der Waals surface area contributed by atoms with E-state index in [4.69, 9.17) is 9.26 Å². The largest absolute Gasteiger partial charge is 0.489 e. The first-order valence-corrected chi connectivity index (χ1v) is 9.72. The van der Waals surface area contributed by atoms with Crippen molar-refractivity contribution >= 4 is 18.3 Å². The number of hydrogen-bond donors (Lipinski definition) is 2. The van der Waals surface area contributed by atoms with Crippen LogP contribution in [0.3, 0.4) is 0 Å². The minimum atomic E-state index is 0. The van der Waals surface area contributed by atoms with Gasteiger partial charge in [-0.15, -0.1) is 12.4 Å². The van der Waals surface area contributed by atoms with E-state index < -0.39 is 0 Å². The van der Waals surface area contributed by atoms with E-state index in [1.807, 2.05) is 38.1 Å². The Labute approximate surface area is 172 Å². The number of carbonyl (C=O) groups is 1. The van der Waals surface area contributed by atoms with E-state index in [1.165, 1.54) is 12.8 Å². The Kier molecular flexibility index (Phi) is 8.80. The molecule has 1 aromatic heterocycles. The fourth-order valence-electron chi connectivity index (χ4n) is 3.40. The second-order valence-electron chi connectivity index (χ2n) is 7.26. The summed E-state index contributed by atoms with van der Waals surface area (Å²) in [6.45, 7) is 7.17. The van der Waals surface area contributed by atoms with Crippen LogP contribution in [0.15, 0.2) is 28.8 Å². The summed E-state index contributed by atoms with van der Waals surface area (Å²) >= 11 is 0. The van der Waals surface area contributed by atoms with Gasteiger partial charge in [0.1, 0.15) is 18.1 Å². The van der Waals surface area contributed by atoms with Crippen molar-refractivity contribution in [1.29, 1.82) is 0 Å². The van der Waals surface area contributed by atoms with Crippen LogP contribution < -0.4 is 15.4 Å². The first-order chi connectivity index (χ1) is 13.1. The summed E-state index contributed by atoms with van der Waals surface area (Å²) in [7, 11) is 0. The predicted molar refractivity (Wildman–Crippen MR) is 111 cm³/mol. The molecule has 2 heterocycles. The van der Waals surface area contributed by atoms with Crippen molar-refractivity contribution in [3.8, 4) is 5.75 Å². The predicted octanol–water partition coefficient (Wildman–Crippen LogP) is 3.34. The summed E-state index contributed by atoms with van der Waals surface area (Å²) in [6.07, 6.45) is 3.95. The molecule has 1 atom stereocenters. The smallest absolute Gasteiger partial charge is 0.224 e. The number of benzene rings is 1. The molecule has 0 saturated carbocycles. The van der Waals surface area contributed by atoms with Crippen molar-refractivity contribution in [1.82, 2.24) is 15.8 Å². The Morgan fingerprint density at radius 3 is 2.75 bits per heavy atom. The number of hydrogen-bond acceptors (Lipinski definition) is 5. The lowest BCUT2D eigenvalue weighted by molar-refractivity contribution is -0.120. The van der Waals surface area contributed by atoms with Crippen LogP contribution in [0, 0.1) is 19.8 Å². The number of nitrogens with zero attached hydrogens (tertiary/aromatic N) is 1. The maximum absolute atomic E-state index is 12.1. The van der Waals surface area contributed by atoms with Gasteiger partial charge in [-0.05, 0) is 69.8 Å². The van der Waals surface area contributed by atoms with Gasteiger partial charge < -0.3 is 19.9 Å². The molecule has 2 N–H and O–H groups in total. The molecule has 1 unspecified atom stereocenters. The standard InChI is InChI=1S/C21H29N3O3.ClH/c1-15-20(16(2)27-24-15)14-26-19-7-5-17(6-8-19)12-21(25)23-11-9-18-4-3-10-22-13-18;/h5-8,18,22H,3-4,9-14H2,1-2H3,(H,23,25);1H. The molecule has 7 heteroatoms. The van der Waals surface area contributed by atoms with Crippen molar-refractivity contribution in [2.45, 2.75) is 46.1 Å². The molecule has 2 aromatic rings. The summed E-state index contributed by atoms with van der Waals surface area (Å²) < 4.78 is 10.9. The van der Waals surface area contributed by atoms with Crippen LogP contribution in [0.1, 0.15) is 41.8 Å². The van der Waals surface area contributed by atoms with E-state index in [9.17, 15) is 4.79 Å². The molecule has 28 heavy (non-hydrogen) atoms. The molecule has 0 radical (unpaired) electrons. The van der Waals surface area contributed by atoms with E-state index in [2.05, 4.69) is 15.8 Å². The molecule has 1 saturated heterocycles. The van der Waals surface area contributed by atoms with Crippen molar-refractivity contribution in [3.63, 3.8) is 0 Å². The molecule has 1 aliphatic rings. The number of aromatic nitrogens is 1. The second-order valence-corrected chi connectivity index (χ2v) is 7.26. The quantitative estimate of drug-likeness (QED) is 0.701. The lowest BCUT2D eigenvalue weighted by atomic mass is 9.96. The highest BCUT2D eigenvalue weighted by Gasteiger charge is 2.13. The van der Waals surface area contributed by atoms with Gasteiger partial charge in [0.05, 0.1) is 17.7 Å². The Morgan fingerprint density at radius 1 is 1.32 bits per heavy atom. The lowest BCUT2D eigenvalue weighted by Crippen LogP contribution is -2.33. The van der Waals surface area contributed by atoms with Gasteiger partial charge in [-0.3, -0.25) is 4.79 Å². The van der Waals surface area contributed by atoms with Crippen molar-refractivity contribution < 1.29 is 14.1 Å². The topological polar surface area (TPSA) is 76.4 Å². The maximum atomic E-state index is 12.1. The van der Waals surface area contributed by atoms with Crippen LogP contribution >= 0.6 is 12.4 Å². The molecule has 1 fully saturated rings. The normalized spacial score (nSPS) is 16.3. The first kappa shape index (κ1) is 22.2. The van der Waals surface area contributed by atoms with Crippen molar-refractivity contribution in [3.05, 3.63) is 46.8 Å². The number of ether oxygens (including phenoxy) is 1. The minimum Gasteiger partial charge on any atom is -0.489 e. The summed E-state index contributed by atoms with van der Waals surface area (Å²) in [6, 6.07) is 7.67. The molecule has 1 aliphatic heterocycles. The molecule has 3 rings (SSSR count). The van der Waals surface area contributed by atoms with Crippen LogP contribution in [0.4, 0.5) is 0 Å². The second kappa shape index (κ2) is 11.1. The monoisotopic (exact) mass is 407 g/mol. The summed E-state index contributed by atoms with van der Waals surface area (Å²) in [4.78, 5) is 12.1. The number of carbonyl (C=O) groups excluding carboxylic acids is 1. The van der Waals surface area contributed by atoms with Crippen LogP contribution in [-0.2, 0) is 17.8 Å². The number of halogens is 1. The Bertz CT molecular complexity index is 720. The maximum Gasteiger partial charge on any atom is 0.224 e. The zero-order valence-electron chi connectivity index (χ0n) is 16.6. The highest BCUT2D eigenvalue weighted by atomic mass is 35.5. The molecule has 0 aliphatic carbocycles. The van der Waals surface area contributed by atoms with Crippen molar-refractivity contribution in [2.75, 3.05) is 19.6 Å². The average molecular weight is 408 g/mol.